The third kappa shape index (κ3) is 4.82. The Bertz CT molecular complexity index is 604. The highest BCUT2D eigenvalue weighted by molar-refractivity contribution is 7.10. The van der Waals surface area contributed by atoms with Crippen molar-refractivity contribution in [1.82, 2.24) is 0 Å². The molecule has 9 heteroatoms. The molecule has 1 saturated heterocycles. The average molecular weight is 407 g/mol. The molecule has 7 unspecified atom stereocenters. The van der Waals surface area contributed by atoms with Gasteiger partial charge in [-0.2, -0.15) is 0 Å². The van der Waals surface area contributed by atoms with Gasteiger partial charge in [-0.15, -0.1) is 0 Å². The number of halogens is 1. The summed E-state index contributed by atoms with van der Waals surface area (Å²) in [6.45, 7) is 0.628. The smallest absolute Gasteiger partial charge is 0.306 e. The van der Waals surface area contributed by atoms with Crippen LogP contribution in [0.15, 0.2) is 24.3 Å². The predicted molar refractivity (Wildman–Crippen MR) is 98.5 cm³/mol. The Kier molecular flexibility index (Phi) is 6.90. The highest BCUT2D eigenvalue weighted by atomic mass is 35.5. The van der Waals surface area contributed by atoms with Crippen LogP contribution in [0.4, 0.5) is 0 Å². The molecule has 0 radical (unpaired) electrons. The van der Waals surface area contributed by atoms with E-state index in [1.54, 1.807) is 12.1 Å². The van der Waals surface area contributed by atoms with Gasteiger partial charge in [-0.3, -0.25) is 4.79 Å². The molecule has 1 aromatic carbocycles. The van der Waals surface area contributed by atoms with E-state index >= 15 is 0 Å². The number of benzene rings is 1. The molecule has 25 heavy (non-hydrogen) atoms. The van der Waals surface area contributed by atoms with Crippen molar-refractivity contribution in [3.8, 4) is 5.75 Å². The van der Waals surface area contributed by atoms with Crippen LogP contribution in [0.2, 0.25) is 5.02 Å². The highest BCUT2D eigenvalue weighted by Gasteiger charge is 2.51. The standard InChI is InChI=1S/C16H21ClO6P2/c17-9-2-1-3-10(4-9)19-7-11(22-24)8-20-16-12-5-15(18)21-13(12)6-14(16)23-25/h1-4,11-14,16H,5-8,24-25H2. The van der Waals surface area contributed by atoms with Crippen molar-refractivity contribution in [2.45, 2.75) is 37.3 Å². The Balaban J connectivity index is 1.52. The van der Waals surface area contributed by atoms with E-state index in [0.29, 0.717) is 36.8 Å². The molecule has 0 bridgehead atoms. The van der Waals surface area contributed by atoms with Crippen molar-refractivity contribution >= 4 is 36.5 Å². The van der Waals surface area contributed by atoms with Gasteiger partial charge in [0.05, 0.1) is 25.2 Å². The molecule has 1 heterocycles. The first-order valence-corrected chi connectivity index (χ1v) is 9.33. The summed E-state index contributed by atoms with van der Waals surface area (Å²) in [5.41, 5.74) is 0. The Morgan fingerprint density at radius 2 is 2.16 bits per heavy atom. The average Bonchev–Trinajstić information content (AvgIpc) is 3.11. The fourth-order valence-electron chi connectivity index (χ4n) is 3.27. The SMILES string of the molecule is O=C1CC2C(CC(OP)C2OCC(COc2cccc(Cl)c2)OP)O1. The van der Waals surface area contributed by atoms with Crippen LogP contribution in [0.5, 0.6) is 5.75 Å². The largest absolute Gasteiger partial charge is 0.491 e. The molecule has 0 N–H and O–H groups in total. The predicted octanol–water partition coefficient (Wildman–Crippen LogP) is 2.79. The molecule has 138 valence electrons. The number of ether oxygens (including phenoxy) is 3. The van der Waals surface area contributed by atoms with E-state index in [4.69, 9.17) is 34.9 Å². The van der Waals surface area contributed by atoms with Crippen LogP contribution in [0.1, 0.15) is 12.8 Å². The first-order chi connectivity index (χ1) is 12.1. The summed E-state index contributed by atoms with van der Waals surface area (Å²) in [6.07, 6.45) is 0.281. The summed E-state index contributed by atoms with van der Waals surface area (Å²) >= 11 is 5.94. The molecule has 0 amide bonds. The van der Waals surface area contributed by atoms with Crippen LogP contribution in [0, 0.1) is 5.92 Å². The molecule has 0 spiro atoms. The van der Waals surface area contributed by atoms with E-state index < -0.39 is 0 Å². The number of esters is 1. The lowest BCUT2D eigenvalue weighted by Crippen LogP contribution is -2.34. The number of hydrogen-bond acceptors (Lipinski definition) is 6. The fraction of sp³-hybridized carbons (Fsp3) is 0.562. The summed E-state index contributed by atoms with van der Waals surface area (Å²) in [6, 6.07) is 7.17. The summed E-state index contributed by atoms with van der Waals surface area (Å²) in [7, 11) is 4.50. The second-order valence-electron chi connectivity index (χ2n) is 6.13. The van der Waals surface area contributed by atoms with E-state index in [-0.39, 0.29) is 36.3 Å². The van der Waals surface area contributed by atoms with Crippen molar-refractivity contribution in [3.63, 3.8) is 0 Å². The zero-order valence-electron chi connectivity index (χ0n) is 13.5. The van der Waals surface area contributed by atoms with Gasteiger partial charge in [0.25, 0.3) is 0 Å². The maximum atomic E-state index is 11.5. The van der Waals surface area contributed by atoms with Gasteiger partial charge in [0.2, 0.25) is 0 Å². The van der Waals surface area contributed by atoms with Crippen LogP contribution in [-0.2, 0) is 23.3 Å². The van der Waals surface area contributed by atoms with Crippen LogP contribution in [-0.4, -0.2) is 43.6 Å². The molecular formula is C16H21ClO6P2. The second kappa shape index (κ2) is 8.94. The first-order valence-electron chi connectivity index (χ1n) is 8.01. The van der Waals surface area contributed by atoms with Crippen molar-refractivity contribution < 1.29 is 28.1 Å². The van der Waals surface area contributed by atoms with Gasteiger partial charge in [-0.25, -0.2) is 0 Å². The van der Waals surface area contributed by atoms with Gasteiger partial charge in [-0.05, 0) is 18.2 Å². The number of carbonyl (C=O) groups is 1. The maximum absolute atomic E-state index is 11.5. The van der Waals surface area contributed by atoms with E-state index in [0.717, 1.165) is 0 Å². The molecule has 0 aromatic heterocycles. The van der Waals surface area contributed by atoms with E-state index in [1.807, 2.05) is 12.1 Å². The van der Waals surface area contributed by atoms with Crippen molar-refractivity contribution in [2.24, 2.45) is 5.92 Å². The highest BCUT2D eigenvalue weighted by Crippen LogP contribution is 2.40. The summed E-state index contributed by atoms with van der Waals surface area (Å²) in [5.74, 6) is 0.521. The summed E-state index contributed by atoms with van der Waals surface area (Å²) < 4.78 is 27.8. The molecule has 7 atom stereocenters. The molecule has 1 aromatic rings. The van der Waals surface area contributed by atoms with E-state index in [1.165, 1.54) is 0 Å². The normalized spacial score (nSPS) is 29.3. The zero-order valence-corrected chi connectivity index (χ0v) is 16.6. The van der Waals surface area contributed by atoms with Crippen molar-refractivity contribution in [3.05, 3.63) is 29.3 Å². The van der Waals surface area contributed by atoms with Gasteiger partial charge in [0.15, 0.2) is 0 Å². The molecule has 2 fully saturated rings. The summed E-state index contributed by atoms with van der Waals surface area (Å²) in [5, 5.41) is 0.612. The Morgan fingerprint density at radius 3 is 2.88 bits per heavy atom. The van der Waals surface area contributed by atoms with Gasteiger partial charge >= 0.3 is 5.97 Å². The number of carbonyl (C=O) groups excluding carboxylic acids is 1. The lowest BCUT2D eigenvalue weighted by atomic mass is 10.0. The molecule has 2 aliphatic rings. The fourth-order valence-corrected chi connectivity index (χ4v) is 3.88. The molecule has 3 rings (SSSR count). The Hall–Kier alpha value is -0.480. The number of fused-ring (bicyclic) bond motifs is 1. The molecule has 1 saturated carbocycles. The lowest BCUT2D eigenvalue weighted by molar-refractivity contribution is -0.141. The van der Waals surface area contributed by atoms with Gasteiger partial charge in [0, 0.05) is 36.3 Å². The van der Waals surface area contributed by atoms with Crippen LogP contribution in [0.3, 0.4) is 0 Å². The number of rotatable bonds is 8. The van der Waals surface area contributed by atoms with Crippen molar-refractivity contribution in [2.75, 3.05) is 13.2 Å². The molecule has 1 aliphatic heterocycles. The van der Waals surface area contributed by atoms with Gasteiger partial charge in [0.1, 0.15) is 24.6 Å². The zero-order chi connectivity index (χ0) is 17.8. The van der Waals surface area contributed by atoms with Crippen LogP contribution in [0.25, 0.3) is 0 Å². The molecular weight excluding hydrogens is 386 g/mol. The second-order valence-corrected chi connectivity index (χ2v) is 7.11. The maximum Gasteiger partial charge on any atom is 0.306 e. The third-order valence-corrected chi connectivity index (χ3v) is 5.46. The molecule has 1 aliphatic carbocycles. The van der Waals surface area contributed by atoms with Gasteiger partial charge in [-0.1, -0.05) is 17.7 Å². The number of hydrogen-bond donors (Lipinski definition) is 0. The third-order valence-electron chi connectivity index (χ3n) is 4.49. The van der Waals surface area contributed by atoms with Gasteiger partial charge < -0.3 is 23.3 Å². The van der Waals surface area contributed by atoms with Crippen LogP contribution < -0.4 is 4.74 Å². The van der Waals surface area contributed by atoms with E-state index in [2.05, 4.69) is 18.9 Å². The monoisotopic (exact) mass is 406 g/mol. The van der Waals surface area contributed by atoms with Crippen molar-refractivity contribution in [1.29, 1.82) is 0 Å². The quantitative estimate of drug-likeness (QED) is 0.488. The minimum absolute atomic E-state index is 0.0251. The minimum atomic E-state index is -0.286. The topological polar surface area (TPSA) is 63.2 Å². The molecule has 6 nitrogen and oxygen atoms in total. The summed E-state index contributed by atoms with van der Waals surface area (Å²) in [4.78, 5) is 11.5. The Morgan fingerprint density at radius 1 is 1.32 bits per heavy atom. The Labute approximate surface area is 156 Å². The van der Waals surface area contributed by atoms with Crippen LogP contribution >= 0.6 is 30.5 Å². The lowest BCUT2D eigenvalue weighted by Gasteiger charge is -2.24. The minimum Gasteiger partial charge on any atom is -0.491 e. The van der Waals surface area contributed by atoms with E-state index in [9.17, 15) is 4.79 Å². The first kappa shape index (κ1) is 19.3.